The van der Waals surface area contributed by atoms with E-state index >= 15 is 0 Å². The predicted octanol–water partition coefficient (Wildman–Crippen LogP) is -1.17. The highest BCUT2D eigenvalue weighted by Gasteiger charge is 2.50. The molecule has 2 unspecified atom stereocenters. The molecule has 0 aliphatic carbocycles. The lowest BCUT2D eigenvalue weighted by Crippen LogP contribution is -2.46. The van der Waals surface area contributed by atoms with Crippen LogP contribution < -0.4 is 5.32 Å². The van der Waals surface area contributed by atoms with E-state index in [4.69, 9.17) is 23.1 Å². The van der Waals surface area contributed by atoms with Crippen LogP contribution in [0.1, 0.15) is 0 Å². The van der Waals surface area contributed by atoms with E-state index in [0.29, 0.717) is 6.04 Å². The monoisotopic (exact) mass is 279 g/mol. The molecule has 8 nitrogen and oxygen atoms in total. The van der Waals surface area contributed by atoms with Crippen LogP contribution in [0, 0.1) is 0 Å². The molecule has 1 amide bonds. The van der Waals surface area contributed by atoms with Crippen molar-refractivity contribution < 1.29 is 32.7 Å². The van der Waals surface area contributed by atoms with Gasteiger partial charge in [0, 0.05) is 33.9 Å². The van der Waals surface area contributed by atoms with E-state index in [9.17, 15) is 9.59 Å². The topological polar surface area (TPSA) is 107 Å². The zero-order valence-corrected chi connectivity index (χ0v) is 11.5. The predicted molar refractivity (Wildman–Crippen MR) is 60.9 cm³/mol. The summed E-state index contributed by atoms with van der Waals surface area (Å²) in [5, 5.41) is 11.1. The van der Waals surface area contributed by atoms with Crippen LogP contribution in [0.2, 0.25) is 6.04 Å². The molecule has 2 atom stereocenters. The van der Waals surface area contributed by atoms with Crippen molar-refractivity contribution in [2.75, 3.05) is 27.9 Å². The lowest BCUT2D eigenvalue weighted by Gasteiger charge is -2.24. The van der Waals surface area contributed by atoms with Gasteiger partial charge >= 0.3 is 14.8 Å². The second-order valence-corrected chi connectivity index (χ2v) is 6.74. The Morgan fingerprint density at radius 3 is 2.17 bits per heavy atom. The Hall–Kier alpha value is -1.00. The van der Waals surface area contributed by atoms with E-state index in [1.165, 1.54) is 21.3 Å². The Bertz CT molecular complexity index is 312. The van der Waals surface area contributed by atoms with Crippen molar-refractivity contribution in [1.29, 1.82) is 0 Å². The average molecular weight is 279 g/mol. The van der Waals surface area contributed by atoms with Crippen LogP contribution in [0.25, 0.3) is 0 Å². The molecule has 0 saturated carbocycles. The number of carbonyl (C=O) groups excluding carboxylic acids is 1. The zero-order valence-electron chi connectivity index (χ0n) is 10.5. The summed E-state index contributed by atoms with van der Waals surface area (Å²) in [6.07, 6.45) is -1.93. The van der Waals surface area contributed by atoms with Crippen LogP contribution >= 0.6 is 0 Å². The van der Waals surface area contributed by atoms with E-state index in [1.807, 2.05) is 0 Å². The molecule has 0 aromatic heterocycles. The first kappa shape index (κ1) is 15.1. The second-order valence-electron chi connectivity index (χ2n) is 3.65. The largest absolute Gasteiger partial charge is 0.501 e. The third-order valence-electron chi connectivity index (χ3n) is 2.66. The Labute approximate surface area is 106 Å². The second kappa shape index (κ2) is 6.25. The molecule has 1 aliphatic heterocycles. The number of carboxylic acid groups (broad SMARTS) is 1. The lowest BCUT2D eigenvalue weighted by molar-refractivity contribution is -0.138. The minimum atomic E-state index is -2.71. The SMILES string of the molecule is CO[Si](CCNC(=O)C1OC1C(=O)O)(OC)OC. The summed E-state index contributed by atoms with van der Waals surface area (Å²) in [7, 11) is 1.72. The van der Waals surface area contributed by atoms with Crippen LogP contribution in [0.3, 0.4) is 0 Å². The molecule has 104 valence electrons. The normalized spacial score (nSPS) is 22.6. The molecular formula is C9H17NO7Si. The number of hydrogen-bond acceptors (Lipinski definition) is 6. The fourth-order valence-corrected chi connectivity index (χ4v) is 3.04. The highest BCUT2D eigenvalue weighted by atomic mass is 28.4. The first-order valence-corrected chi connectivity index (χ1v) is 7.24. The number of carbonyl (C=O) groups is 2. The van der Waals surface area contributed by atoms with Crippen LogP contribution in [0.5, 0.6) is 0 Å². The van der Waals surface area contributed by atoms with Crippen LogP contribution in [0.4, 0.5) is 0 Å². The average Bonchev–Trinajstić information content (AvgIpc) is 3.15. The van der Waals surface area contributed by atoms with Crippen molar-refractivity contribution >= 4 is 20.7 Å². The van der Waals surface area contributed by atoms with E-state index in [2.05, 4.69) is 5.32 Å². The molecule has 0 aromatic carbocycles. The maximum absolute atomic E-state index is 11.5. The number of amides is 1. The number of rotatable bonds is 8. The fourth-order valence-electron chi connectivity index (χ4n) is 1.50. The van der Waals surface area contributed by atoms with Crippen molar-refractivity contribution in [1.82, 2.24) is 5.32 Å². The lowest BCUT2D eigenvalue weighted by atomic mass is 10.3. The standard InChI is InChI=1S/C9H17NO7Si/c1-14-18(15-2,16-3)5-4-10-8(11)6-7(17-6)9(12)13/h6-7H,4-5H2,1-3H3,(H,10,11)(H,12,13). The Kier molecular flexibility index (Phi) is 5.23. The first-order valence-electron chi connectivity index (χ1n) is 5.31. The molecule has 1 saturated heterocycles. The highest BCUT2D eigenvalue weighted by Crippen LogP contribution is 2.22. The highest BCUT2D eigenvalue weighted by molar-refractivity contribution is 6.60. The maximum atomic E-state index is 11.5. The van der Waals surface area contributed by atoms with Gasteiger partial charge in [0.2, 0.25) is 0 Å². The minimum Gasteiger partial charge on any atom is -0.479 e. The molecule has 18 heavy (non-hydrogen) atoms. The zero-order chi connectivity index (χ0) is 13.8. The summed E-state index contributed by atoms with van der Waals surface area (Å²) in [5.41, 5.74) is 0. The molecule has 2 N–H and O–H groups in total. The van der Waals surface area contributed by atoms with Gasteiger partial charge < -0.3 is 28.4 Å². The fraction of sp³-hybridized carbons (Fsp3) is 0.778. The molecule has 0 aromatic rings. The van der Waals surface area contributed by atoms with Crippen LogP contribution in [-0.4, -0.2) is 65.9 Å². The van der Waals surface area contributed by atoms with Gasteiger partial charge in [-0.3, -0.25) is 4.79 Å². The molecule has 9 heteroatoms. The van der Waals surface area contributed by atoms with Crippen molar-refractivity contribution in [3.05, 3.63) is 0 Å². The third-order valence-corrected chi connectivity index (χ3v) is 5.39. The number of ether oxygens (including phenoxy) is 1. The van der Waals surface area contributed by atoms with Gasteiger partial charge in [-0.25, -0.2) is 4.79 Å². The van der Waals surface area contributed by atoms with Crippen molar-refractivity contribution in [3.8, 4) is 0 Å². The Morgan fingerprint density at radius 1 is 1.22 bits per heavy atom. The molecular weight excluding hydrogens is 262 g/mol. The number of nitrogens with one attached hydrogen (secondary N) is 1. The van der Waals surface area contributed by atoms with Crippen molar-refractivity contribution in [2.24, 2.45) is 0 Å². The van der Waals surface area contributed by atoms with Gasteiger partial charge in [0.15, 0.2) is 12.2 Å². The summed E-state index contributed by atoms with van der Waals surface area (Å²) in [6.45, 7) is 0.271. The van der Waals surface area contributed by atoms with E-state index < -0.39 is 32.9 Å². The minimum absolute atomic E-state index is 0.271. The summed E-state index contributed by atoms with van der Waals surface area (Å²) >= 11 is 0. The third kappa shape index (κ3) is 3.49. The summed E-state index contributed by atoms with van der Waals surface area (Å²) in [6, 6.07) is 0.396. The van der Waals surface area contributed by atoms with Crippen LogP contribution in [-0.2, 0) is 27.6 Å². The number of carboxylic acids is 1. The quantitative estimate of drug-likeness (QED) is 0.426. The van der Waals surface area contributed by atoms with Gasteiger partial charge in [-0.1, -0.05) is 0 Å². The Balaban J connectivity index is 2.30. The molecule has 1 fully saturated rings. The Morgan fingerprint density at radius 2 is 1.78 bits per heavy atom. The smallest absolute Gasteiger partial charge is 0.479 e. The van der Waals surface area contributed by atoms with Gasteiger partial charge in [-0.2, -0.15) is 0 Å². The first-order chi connectivity index (χ1) is 8.49. The van der Waals surface area contributed by atoms with E-state index in [-0.39, 0.29) is 6.54 Å². The maximum Gasteiger partial charge on any atom is 0.501 e. The molecule has 1 rings (SSSR count). The summed E-state index contributed by atoms with van der Waals surface area (Å²) in [4.78, 5) is 22.0. The number of epoxide rings is 1. The molecule has 0 radical (unpaired) electrons. The van der Waals surface area contributed by atoms with Gasteiger partial charge in [0.05, 0.1) is 0 Å². The van der Waals surface area contributed by atoms with Crippen molar-refractivity contribution in [2.45, 2.75) is 18.3 Å². The van der Waals surface area contributed by atoms with Gasteiger partial charge in [0.25, 0.3) is 5.91 Å². The van der Waals surface area contributed by atoms with Crippen LogP contribution in [0.15, 0.2) is 0 Å². The van der Waals surface area contributed by atoms with Gasteiger partial charge in [0.1, 0.15) is 0 Å². The summed E-state index contributed by atoms with van der Waals surface area (Å²) in [5.74, 6) is -1.59. The van der Waals surface area contributed by atoms with Crippen molar-refractivity contribution in [3.63, 3.8) is 0 Å². The van der Waals surface area contributed by atoms with E-state index in [1.54, 1.807) is 0 Å². The van der Waals surface area contributed by atoms with Gasteiger partial charge in [-0.05, 0) is 0 Å². The number of aliphatic carboxylic acids is 1. The molecule has 1 aliphatic rings. The summed E-state index contributed by atoms with van der Waals surface area (Å²) < 4.78 is 20.2. The molecule has 0 spiro atoms. The molecule has 1 heterocycles. The van der Waals surface area contributed by atoms with E-state index in [0.717, 1.165) is 0 Å². The van der Waals surface area contributed by atoms with Gasteiger partial charge in [-0.15, -0.1) is 0 Å². The molecule has 0 bridgehead atoms. The number of hydrogen-bond donors (Lipinski definition) is 2.